The van der Waals surface area contributed by atoms with Gasteiger partial charge in [0.15, 0.2) is 0 Å². The van der Waals surface area contributed by atoms with E-state index in [4.69, 9.17) is 0 Å². The molecule has 1 saturated heterocycles. The number of hydrogen-bond acceptors (Lipinski definition) is 2. The van der Waals surface area contributed by atoms with Crippen molar-refractivity contribution < 1.29 is 4.79 Å². The maximum absolute atomic E-state index is 12.4. The zero-order valence-corrected chi connectivity index (χ0v) is 14.8. The summed E-state index contributed by atoms with van der Waals surface area (Å²) in [5.41, 5.74) is 5.12. The Morgan fingerprint density at radius 3 is 2.46 bits per heavy atom. The lowest BCUT2D eigenvalue weighted by molar-refractivity contribution is 0.102. The fourth-order valence-corrected chi connectivity index (χ4v) is 3.30. The minimum atomic E-state index is -0.0582. The van der Waals surface area contributed by atoms with Crippen LogP contribution in [0.1, 0.15) is 47.7 Å². The predicted molar refractivity (Wildman–Crippen MR) is 101 cm³/mol. The van der Waals surface area contributed by atoms with Gasteiger partial charge in [-0.05, 0) is 87.6 Å². The van der Waals surface area contributed by atoms with Gasteiger partial charge in [-0.2, -0.15) is 0 Å². The van der Waals surface area contributed by atoms with Crippen molar-refractivity contribution in [2.45, 2.75) is 46.1 Å². The first-order valence-electron chi connectivity index (χ1n) is 8.80. The fraction of sp³-hybridized carbons (Fsp3) is 0.381. The molecule has 3 heteroatoms. The molecule has 0 radical (unpaired) electrons. The highest BCUT2D eigenvalue weighted by Gasteiger charge is 2.18. The van der Waals surface area contributed by atoms with Crippen LogP contribution in [0.4, 0.5) is 11.4 Å². The van der Waals surface area contributed by atoms with E-state index >= 15 is 0 Å². The van der Waals surface area contributed by atoms with Crippen LogP contribution in [0.5, 0.6) is 0 Å². The standard InChI is InChI=1S/C21H26N2O/c1-15-7-8-18(14-16(15)2)21(24)22-19-9-11-20(12-10-19)23-13-5-4-6-17(23)3/h7-12,14,17H,4-6,13H2,1-3H3,(H,22,24)/t17-/m0/s1. The summed E-state index contributed by atoms with van der Waals surface area (Å²) < 4.78 is 0. The Kier molecular flexibility index (Phi) is 4.89. The molecule has 0 aliphatic carbocycles. The number of nitrogens with zero attached hydrogens (tertiary/aromatic N) is 1. The van der Waals surface area contributed by atoms with Crippen LogP contribution in [0.15, 0.2) is 42.5 Å². The van der Waals surface area contributed by atoms with Crippen LogP contribution >= 0.6 is 0 Å². The lowest BCUT2D eigenvalue weighted by Gasteiger charge is -2.35. The Hall–Kier alpha value is -2.29. The number of carbonyl (C=O) groups is 1. The largest absolute Gasteiger partial charge is 0.369 e. The second-order valence-electron chi connectivity index (χ2n) is 6.84. The van der Waals surface area contributed by atoms with Crippen molar-refractivity contribution in [1.29, 1.82) is 0 Å². The van der Waals surface area contributed by atoms with Crippen LogP contribution in [0.2, 0.25) is 0 Å². The zero-order valence-electron chi connectivity index (χ0n) is 14.8. The highest BCUT2D eigenvalue weighted by atomic mass is 16.1. The fourth-order valence-electron chi connectivity index (χ4n) is 3.30. The number of carbonyl (C=O) groups excluding carboxylic acids is 1. The summed E-state index contributed by atoms with van der Waals surface area (Å²) in [5.74, 6) is -0.0582. The molecule has 1 fully saturated rings. The number of piperidine rings is 1. The molecule has 3 nitrogen and oxygen atoms in total. The second-order valence-corrected chi connectivity index (χ2v) is 6.84. The van der Waals surface area contributed by atoms with Crippen molar-refractivity contribution in [2.75, 3.05) is 16.8 Å². The number of hydrogen-bond donors (Lipinski definition) is 1. The Balaban J connectivity index is 1.69. The molecule has 0 aromatic heterocycles. The van der Waals surface area contributed by atoms with Gasteiger partial charge in [0.25, 0.3) is 5.91 Å². The van der Waals surface area contributed by atoms with Gasteiger partial charge in [0.05, 0.1) is 0 Å². The molecular formula is C21H26N2O. The van der Waals surface area contributed by atoms with E-state index in [0.29, 0.717) is 11.6 Å². The zero-order chi connectivity index (χ0) is 17.1. The van der Waals surface area contributed by atoms with E-state index in [2.05, 4.69) is 36.2 Å². The molecular weight excluding hydrogens is 296 g/mol. The molecule has 1 amide bonds. The van der Waals surface area contributed by atoms with E-state index in [1.54, 1.807) is 0 Å². The third-order valence-corrected chi connectivity index (χ3v) is 5.03. The first-order chi connectivity index (χ1) is 11.5. The number of aryl methyl sites for hydroxylation is 2. The van der Waals surface area contributed by atoms with Gasteiger partial charge in [0.2, 0.25) is 0 Å². The minimum absolute atomic E-state index is 0.0582. The molecule has 0 spiro atoms. The molecule has 0 saturated carbocycles. The summed E-state index contributed by atoms with van der Waals surface area (Å²) in [6.45, 7) is 7.49. The van der Waals surface area contributed by atoms with E-state index in [1.807, 2.05) is 37.3 Å². The lowest BCUT2D eigenvalue weighted by atomic mass is 10.0. The first-order valence-corrected chi connectivity index (χ1v) is 8.80. The molecule has 1 N–H and O–H groups in total. The predicted octanol–water partition coefficient (Wildman–Crippen LogP) is 4.93. The molecule has 2 aromatic rings. The van der Waals surface area contributed by atoms with Gasteiger partial charge in [-0.15, -0.1) is 0 Å². The van der Waals surface area contributed by atoms with E-state index in [-0.39, 0.29) is 5.91 Å². The maximum Gasteiger partial charge on any atom is 0.255 e. The van der Waals surface area contributed by atoms with Crippen molar-refractivity contribution in [3.05, 3.63) is 59.2 Å². The topological polar surface area (TPSA) is 32.3 Å². The Bertz CT molecular complexity index is 721. The summed E-state index contributed by atoms with van der Waals surface area (Å²) in [6.07, 6.45) is 3.84. The second kappa shape index (κ2) is 7.08. The van der Waals surface area contributed by atoms with E-state index in [1.165, 1.54) is 30.5 Å². The van der Waals surface area contributed by atoms with Crippen molar-refractivity contribution in [1.82, 2.24) is 0 Å². The van der Waals surface area contributed by atoms with Crippen LogP contribution in [-0.4, -0.2) is 18.5 Å². The van der Waals surface area contributed by atoms with Crippen molar-refractivity contribution in [3.8, 4) is 0 Å². The third-order valence-electron chi connectivity index (χ3n) is 5.03. The molecule has 3 rings (SSSR count). The van der Waals surface area contributed by atoms with Gasteiger partial charge < -0.3 is 10.2 Å². The third kappa shape index (κ3) is 3.61. The lowest BCUT2D eigenvalue weighted by Crippen LogP contribution is -2.37. The van der Waals surface area contributed by atoms with Crippen molar-refractivity contribution in [2.24, 2.45) is 0 Å². The molecule has 126 valence electrons. The van der Waals surface area contributed by atoms with Crippen molar-refractivity contribution in [3.63, 3.8) is 0 Å². The quantitative estimate of drug-likeness (QED) is 0.868. The first kappa shape index (κ1) is 16.6. The van der Waals surface area contributed by atoms with Gasteiger partial charge in [-0.1, -0.05) is 6.07 Å². The van der Waals surface area contributed by atoms with Gasteiger partial charge in [-0.3, -0.25) is 4.79 Å². The molecule has 1 heterocycles. The Morgan fingerprint density at radius 1 is 1.04 bits per heavy atom. The van der Waals surface area contributed by atoms with E-state index < -0.39 is 0 Å². The van der Waals surface area contributed by atoms with Gasteiger partial charge in [0.1, 0.15) is 0 Å². The highest BCUT2D eigenvalue weighted by Crippen LogP contribution is 2.26. The SMILES string of the molecule is Cc1ccc(C(=O)Nc2ccc(N3CCCC[C@@H]3C)cc2)cc1C. The van der Waals surface area contributed by atoms with Crippen LogP contribution in [0.25, 0.3) is 0 Å². The van der Waals surface area contributed by atoms with Gasteiger partial charge in [0, 0.05) is 29.5 Å². The summed E-state index contributed by atoms with van der Waals surface area (Å²) in [6, 6.07) is 14.6. The summed E-state index contributed by atoms with van der Waals surface area (Å²) in [4.78, 5) is 14.9. The molecule has 1 aliphatic rings. The molecule has 2 aromatic carbocycles. The van der Waals surface area contributed by atoms with E-state index in [0.717, 1.165) is 17.8 Å². The van der Waals surface area contributed by atoms with Crippen LogP contribution in [-0.2, 0) is 0 Å². The molecule has 0 unspecified atom stereocenters. The summed E-state index contributed by atoms with van der Waals surface area (Å²) in [7, 11) is 0. The number of rotatable bonds is 3. The number of anilines is 2. The highest BCUT2D eigenvalue weighted by molar-refractivity contribution is 6.04. The average Bonchev–Trinajstić information content (AvgIpc) is 2.58. The maximum atomic E-state index is 12.4. The summed E-state index contributed by atoms with van der Waals surface area (Å²) >= 11 is 0. The molecule has 1 atom stereocenters. The Morgan fingerprint density at radius 2 is 1.79 bits per heavy atom. The minimum Gasteiger partial charge on any atom is -0.369 e. The van der Waals surface area contributed by atoms with Gasteiger partial charge in [-0.25, -0.2) is 0 Å². The Labute approximate surface area is 144 Å². The number of amides is 1. The molecule has 0 bridgehead atoms. The number of benzene rings is 2. The van der Waals surface area contributed by atoms with Gasteiger partial charge >= 0.3 is 0 Å². The molecule has 24 heavy (non-hydrogen) atoms. The van der Waals surface area contributed by atoms with Crippen LogP contribution in [0, 0.1) is 13.8 Å². The van der Waals surface area contributed by atoms with Crippen LogP contribution in [0.3, 0.4) is 0 Å². The van der Waals surface area contributed by atoms with Crippen LogP contribution < -0.4 is 10.2 Å². The monoisotopic (exact) mass is 322 g/mol. The molecule has 1 aliphatic heterocycles. The smallest absolute Gasteiger partial charge is 0.255 e. The average molecular weight is 322 g/mol. The normalized spacial score (nSPS) is 17.6. The summed E-state index contributed by atoms with van der Waals surface area (Å²) in [5, 5.41) is 2.99. The van der Waals surface area contributed by atoms with Crippen molar-refractivity contribution >= 4 is 17.3 Å². The number of nitrogens with one attached hydrogen (secondary N) is 1. The van der Waals surface area contributed by atoms with E-state index in [9.17, 15) is 4.79 Å².